The molecule has 0 radical (unpaired) electrons. The number of carbonyl (C=O) groups excluding carboxylic acids is 1. The first-order valence-corrected chi connectivity index (χ1v) is 8.87. The molecule has 2 aliphatic rings. The lowest BCUT2D eigenvalue weighted by Crippen LogP contribution is -2.39. The van der Waals surface area contributed by atoms with E-state index in [1.807, 2.05) is 0 Å². The van der Waals surface area contributed by atoms with Crippen molar-refractivity contribution in [2.45, 2.75) is 24.5 Å². The summed E-state index contributed by atoms with van der Waals surface area (Å²) < 4.78 is 39.1. The number of halogens is 2. The highest BCUT2D eigenvalue weighted by molar-refractivity contribution is 5.95. The predicted molar refractivity (Wildman–Crippen MR) is 97.5 cm³/mol. The number of nitrogens with two attached hydrogens (primary N) is 1. The fourth-order valence-corrected chi connectivity index (χ4v) is 3.68. The molecule has 6 nitrogen and oxygen atoms in total. The van der Waals surface area contributed by atoms with E-state index in [1.54, 1.807) is 12.1 Å². The van der Waals surface area contributed by atoms with Gasteiger partial charge in [0.25, 0.3) is 6.02 Å². The first-order chi connectivity index (χ1) is 13.5. The number of ketones is 1. The number of Topliss-reactive ketones (excluding diaryl/α,β-unsaturated/α-hetero) is 1. The molecule has 1 fully saturated rings. The van der Waals surface area contributed by atoms with E-state index in [1.165, 1.54) is 31.5 Å². The molecule has 1 aromatic heterocycles. The molecule has 0 saturated heterocycles. The number of methoxy groups -OCH3 is 1. The number of pyridine rings is 1. The SMILES string of the molecule is COc1ccc(C(=O)Cc2ccc(F)c([C@@]3(CF)N=C(N)O[C@@H]4C[C@@H]43)c2)nc1. The number of carbonyl (C=O) groups is 1. The second-order valence-electron chi connectivity index (χ2n) is 7.00. The molecule has 3 atom stereocenters. The van der Waals surface area contributed by atoms with Gasteiger partial charge in [0.05, 0.1) is 13.3 Å². The van der Waals surface area contributed by atoms with E-state index in [2.05, 4.69) is 9.98 Å². The van der Waals surface area contributed by atoms with Crippen LogP contribution in [0.5, 0.6) is 5.75 Å². The van der Waals surface area contributed by atoms with Crippen molar-refractivity contribution >= 4 is 11.8 Å². The fourth-order valence-electron chi connectivity index (χ4n) is 3.68. The van der Waals surface area contributed by atoms with Gasteiger partial charge >= 0.3 is 0 Å². The third-order valence-corrected chi connectivity index (χ3v) is 5.25. The Morgan fingerprint density at radius 2 is 2.21 bits per heavy atom. The van der Waals surface area contributed by atoms with E-state index >= 15 is 0 Å². The summed E-state index contributed by atoms with van der Waals surface area (Å²) in [5.41, 5.74) is 5.18. The van der Waals surface area contributed by atoms with Crippen molar-refractivity contribution < 1.29 is 23.0 Å². The number of hydrogen-bond acceptors (Lipinski definition) is 6. The van der Waals surface area contributed by atoms with E-state index in [9.17, 15) is 13.6 Å². The summed E-state index contributed by atoms with van der Waals surface area (Å²) >= 11 is 0. The molecular formula is C20H19F2N3O3. The Labute approximate surface area is 160 Å². The van der Waals surface area contributed by atoms with Crippen molar-refractivity contribution in [3.8, 4) is 5.75 Å². The number of nitrogens with zero attached hydrogens (tertiary/aromatic N) is 2. The summed E-state index contributed by atoms with van der Waals surface area (Å²) in [6.07, 6.45) is 1.76. The van der Waals surface area contributed by atoms with Gasteiger partial charge < -0.3 is 15.2 Å². The molecule has 8 heteroatoms. The largest absolute Gasteiger partial charge is 0.495 e. The number of aliphatic imine (C=N–C) groups is 1. The lowest BCUT2D eigenvalue weighted by Gasteiger charge is -2.31. The van der Waals surface area contributed by atoms with E-state index in [0.29, 0.717) is 17.7 Å². The molecule has 1 aromatic carbocycles. The van der Waals surface area contributed by atoms with Crippen molar-refractivity contribution in [2.75, 3.05) is 13.8 Å². The van der Waals surface area contributed by atoms with E-state index in [4.69, 9.17) is 15.2 Å². The molecule has 1 saturated carbocycles. The minimum atomic E-state index is -1.41. The molecule has 0 spiro atoms. The monoisotopic (exact) mass is 387 g/mol. The minimum Gasteiger partial charge on any atom is -0.495 e. The van der Waals surface area contributed by atoms with Crippen LogP contribution < -0.4 is 10.5 Å². The molecule has 0 unspecified atom stereocenters. The van der Waals surface area contributed by atoms with Gasteiger partial charge in [-0.05, 0) is 36.2 Å². The zero-order valence-corrected chi connectivity index (χ0v) is 15.2. The Morgan fingerprint density at radius 3 is 2.89 bits per heavy atom. The Hall–Kier alpha value is -3.03. The molecule has 0 amide bonds. The molecular weight excluding hydrogens is 368 g/mol. The molecule has 28 heavy (non-hydrogen) atoms. The van der Waals surface area contributed by atoms with Crippen LogP contribution in [0.4, 0.5) is 8.78 Å². The summed E-state index contributed by atoms with van der Waals surface area (Å²) in [6, 6.07) is 7.29. The van der Waals surface area contributed by atoms with Crippen LogP contribution in [0.1, 0.15) is 28.0 Å². The second-order valence-corrected chi connectivity index (χ2v) is 7.00. The van der Waals surface area contributed by atoms with Crippen LogP contribution in [0.15, 0.2) is 41.5 Å². The van der Waals surface area contributed by atoms with Crippen LogP contribution in [-0.2, 0) is 16.7 Å². The van der Waals surface area contributed by atoms with Crippen LogP contribution in [0, 0.1) is 11.7 Å². The van der Waals surface area contributed by atoms with Crippen LogP contribution in [-0.4, -0.2) is 36.7 Å². The van der Waals surface area contributed by atoms with Crippen molar-refractivity contribution in [3.63, 3.8) is 0 Å². The quantitative estimate of drug-likeness (QED) is 0.770. The van der Waals surface area contributed by atoms with Crippen molar-refractivity contribution in [2.24, 2.45) is 16.6 Å². The minimum absolute atomic E-state index is 0.00122. The van der Waals surface area contributed by atoms with Gasteiger partial charge in [0.1, 0.15) is 35.6 Å². The summed E-state index contributed by atoms with van der Waals surface area (Å²) in [5, 5.41) is 0. The van der Waals surface area contributed by atoms with Gasteiger partial charge in [0.15, 0.2) is 5.78 Å². The van der Waals surface area contributed by atoms with Gasteiger partial charge in [-0.1, -0.05) is 6.07 Å². The van der Waals surface area contributed by atoms with Crippen LogP contribution in [0.3, 0.4) is 0 Å². The first kappa shape index (κ1) is 18.3. The third kappa shape index (κ3) is 3.08. The van der Waals surface area contributed by atoms with Crippen LogP contribution in [0.25, 0.3) is 0 Å². The summed E-state index contributed by atoms with van der Waals surface area (Å²) in [7, 11) is 1.51. The normalized spacial score (nSPS) is 25.3. The van der Waals surface area contributed by atoms with Gasteiger partial charge in [-0.25, -0.2) is 18.8 Å². The van der Waals surface area contributed by atoms with Gasteiger partial charge in [-0.2, -0.15) is 0 Å². The number of ether oxygens (including phenoxy) is 2. The maximum absolute atomic E-state index is 14.6. The summed E-state index contributed by atoms with van der Waals surface area (Å²) in [4.78, 5) is 20.7. The van der Waals surface area contributed by atoms with Crippen molar-refractivity contribution in [1.82, 2.24) is 4.98 Å². The van der Waals surface area contributed by atoms with E-state index in [-0.39, 0.29) is 41.5 Å². The van der Waals surface area contributed by atoms with Gasteiger partial charge in [-0.15, -0.1) is 0 Å². The topological polar surface area (TPSA) is 86.8 Å². The first-order valence-electron chi connectivity index (χ1n) is 8.87. The Kier molecular flexibility index (Phi) is 4.49. The Balaban J connectivity index is 1.64. The molecule has 1 aliphatic heterocycles. The predicted octanol–water partition coefficient (Wildman–Crippen LogP) is 2.55. The lowest BCUT2D eigenvalue weighted by molar-refractivity contribution is 0.0988. The highest BCUT2D eigenvalue weighted by Gasteiger charge is 2.60. The molecule has 2 N–H and O–H groups in total. The number of hydrogen-bond donors (Lipinski definition) is 1. The third-order valence-electron chi connectivity index (χ3n) is 5.25. The molecule has 1 aliphatic carbocycles. The molecule has 146 valence electrons. The standard InChI is InChI=1S/C20H19F2N3O3/c1-27-12-3-5-16(24-9-12)17(26)7-11-2-4-15(22)13(6-11)20(10-21)14-8-18(14)28-19(23)25-20/h2-6,9,14,18H,7-8,10H2,1H3,(H2,23,25)/t14-,18+,20+/m0/s1. The smallest absolute Gasteiger partial charge is 0.283 e. The molecule has 4 rings (SSSR count). The van der Waals surface area contributed by atoms with Crippen LogP contribution >= 0.6 is 0 Å². The fraction of sp³-hybridized carbons (Fsp3) is 0.350. The zero-order valence-electron chi connectivity index (χ0n) is 15.2. The molecule has 2 aromatic rings. The van der Waals surface area contributed by atoms with Crippen LogP contribution in [0.2, 0.25) is 0 Å². The van der Waals surface area contributed by atoms with E-state index < -0.39 is 18.0 Å². The highest BCUT2D eigenvalue weighted by atomic mass is 19.1. The maximum Gasteiger partial charge on any atom is 0.283 e. The number of benzene rings is 1. The average molecular weight is 387 g/mol. The Bertz CT molecular complexity index is 948. The van der Waals surface area contributed by atoms with Crippen molar-refractivity contribution in [3.05, 3.63) is 59.2 Å². The van der Waals surface area contributed by atoms with Gasteiger partial charge in [0.2, 0.25) is 0 Å². The molecule has 0 bridgehead atoms. The number of alkyl halides is 1. The van der Waals surface area contributed by atoms with Gasteiger partial charge in [-0.3, -0.25) is 4.79 Å². The highest BCUT2D eigenvalue weighted by Crippen LogP contribution is 2.53. The lowest BCUT2D eigenvalue weighted by atomic mass is 9.84. The number of rotatable bonds is 6. The average Bonchev–Trinajstić information content (AvgIpc) is 3.48. The van der Waals surface area contributed by atoms with Gasteiger partial charge in [0, 0.05) is 17.9 Å². The second kappa shape index (κ2) is 6.85. The molecule has 2 heterocycles. The van der Waals surface area contributed by atoms with E-state index in [0.717, 1.165) is 0 Å². The summed E-state index contributed by atoms with van der Waals surface area (Å²) in [5.74, 6) is -0.553. The summed E-state index contributed by atoms with van der Waals surface area (Å²) in [6.45, 7) is -0.896. The maximum atomic E-state index is 14.6. The Morgan fingerprint density at radius 1 is 1.39 bits per heavy atom. The number of fused-ring (bicyclic) bond motifs is 1. The number of amidine groups is 1. The van der Waals surface area contributed by atoms with Crippen molar-refractivity contribution in [1.29, 1.82) is 0 Å². The zero-order chi connectivity index (χ0) is 19.9. The number of aromatic nitrogens is 1.